The first-order valence-corrected chi connectivity index (χ1v) is 7.08. The van der Waals surface area contributed by atoms with Crippen LogP contribution in [0.3, 0.4) is 0 Å². The molecule has 1 saturated heterocycles. The maximum Gasteiger partial charge on any atom is 0.306 e. The van der Waals surface area contributed by atoms with E-state index < -0.39 is 5.79 Å². The third-order valence-corrected chi connectivity index (χ3v) is 4.47. The molecule has 1 unspecified atom stereocenters. The molecule has 1 atom stereocenters. The molecular formula is C14H18O4S. The number of rotatable bonds is 5. The number of thioether (sulfide) groups is 1. The van der Waals surface area contributed by atoms with Crippen LogP contribution in [0.2, 0.25) is 0 Å². The fourth-order valence-corrected chi connectivity index (χ4v) is 3.16. The van der Waals surface area contributed by atoms with E-state index in [4.69, 9.17) is 14.2 Å². The number of esters is 1. The second-order valence-corrected chi connectivity index (χ2v) is 5.69. The van der Waals surface area contributed by atoms with Gasteiger partial charge >= 0.3 is 5.97 Å². The molecule has 0 aliphatic carbocycles. The highest BCUT2D eigenvalue weighted by molar-refractivity contribution is 8.00. The lowest BCUT2D eigenvalue weighted by molar-refractivity contribution is -0.156. The van der Waals surface area contributed by atoms with Gasteiger partial charge in [-0.15, -0.1) is 11.8 Å². The van der Waals surface area contributed by atoms with Gasteiger partial charge in [-0.05, 0) is 19.1 Å². The van der Waals surface area contributed by atoms with Gasteiger partial charge in [-0.25, -0.2) is 0 Å². The van der Waals surface area contributed by atoms with Crippen LogP contribution in [0.15, 0.2) is 35.2 Å². The molecule has 5 heteroatoms. The summed E-state index contributed by atoms with van der Waals surface area (Å²) in [6.45, 7) is 3.00. The van der Waals surface area contributed by atoms with Crippen molar-refractivity contribution in [1.82, 2.24) is 0 Å². The Morgan fingerprint density at radius 3 is 2.58 bits per heavy atom. The van der Waals surface area contributed by atoms with E-state index in [0.717, 1.165) is 4.90 Å². The lowest BCUT2D eigenvalue weighted by Gasteiger charge is -2.31. The average Bonchev–Trinajstić information content (AvgIpc) is 2.87. The van der Waals surface area contributed by atoms with E-state index in [2.05, 4.69) is 0 Å². The molecule has 19 heavy (non-hydrogen) atoms. The SMILES string of the molecule is COC(=O)CC(Sc1ccccc1)C1(C)OCCO1. The lowest BCUT2D eigenvalue weighted by Crippen LogP contribution is -2.39. The maximum atomic E-state index is 11.6. The summed E-state index contributed by atoms with van der Waals surface area (Å²) in [4.78, 5) is 12.6. The summed E-state index contributed by atoms with van der Waals surface area (Å²) in [6.07, 6.45) is 0.257. The highest BCUT2D eigenvalue weighted by Crippen LogP contribution is 2.37. The molecule has 0 saturated carbocycles. The van der Waals surface area contributed by atoms with Crippen LogP contribution in [0.25, 0.3) is 0 Å². The van der Waals surface area contributed by atoms with Crippen LogP contribution >= 0.6 is 11.8 Å². The van der Waals surface area contributed by atoms with E-state index in [1.165, 1.54) is 7.11 Å². The molecule has 1 heterocycles. The van der Waals surface area contributed by atoms with Crippen LogP contribution in [0.5, 0.6) is 0 Å². The molecule has 104 valence electrons. The van der Waals surface area contributed by atoms with Gasteiger partial charge in [0.15, 0.2) is 5.79 Å². The minimum absolute atomic E-state index is 0.134. The number of methoxy groups -OCH3 is 1. The first-order chi connectivity index (χ1) is 9.14. The Kier molecular flexibility index (Phi) is 4.85. The Hall–Kier alpha value is -1.04. The van der Waals surface area contributed by atoms with Crippen LogP contribution in [0.1, 0.15) is 13.3 Å². The van der Waals surface area contributed by atoms with Crippen LogP contribution in [0.4, 0.5) is 0 Å². The molecule has 0 aromatic heterocycles. The van der Waals surface area contributed by atoms with E-state index in [-0.39, 0.29) is 17.6 Å². The molecular weight excluding hydrogens is 264 g/mol. The molecule has 4 nitrogen and oxygen atoms in total. The highest BCUT2D eigenvalue weighted by atomic mass is 32.2. The fourth-order valence-electron chi connectivity index (χ4n) is 1.95. The molecule has 0 amide bonds. The number of ether oxygens (including phenoxy) is 3. The van der Waals surface area contributed by atoms with Gasteiger partial charge in [-0.2, -0.15) is 0 Å². The third-order valence-electron chi connectivity index (χ3n) is 3.05. The van der Waals surface area contributed by atoms with Gasteiger partial charge in [0.2, 0.25) is 0 Å². The number of carbonyl (C=O) groups excluding carboxylic acids is 1. The van der Waals surface area contributed by atoms with E-state index >= 15 is 0 Å². The van der Waals surface area contributed by atoms with Gasteiger partial charge in [-0.1, -0.05) is 18.2 Å². The van der Waals surface area contributed by atoms with Crippen molar-refractivity contribution in [2.24, 2.45) is 0 Å². The first kappa shape index (κ1) is 14.4. The zero-order valence-electron chi connectivity index (χ0n) is 11.1. The largest absolute Gasteiger partial charge is 0.469 e. The molecule has 1 aromatic rings. The molecule has 1 aliphatic heterocycles. The molecule has 1 aliphatic rings. The summed E-state index contributed by atoms with van der Waals surface area (Å²) in [5, 5.41) is -0.134. The van der Waals surface area contributed by atoms with E-state index in [1.54, 1.807) is 11.8 Å². The van der Waals surface area contributed by atoms with Crippen molar-refractivity contribution in [1.29, 1.82) is 0 Å². The fraction of sp³-hybridized carbons (Fsp3) is 0.500. The monoisotopic (exact) mass is 282 g/mol. The minimum Gasteiger partial charge on any atom is -0.469 e. The number of hydrogen-bond acceptors (Lipinski definition) is 5. The Balaban J connectivity index is 2.12. The molecule has 0 N–H and O–H groups in total. The van der Waals surface area contributed by atoms with E-state index in [9.17, 15) is 4.79 Å². The van der Waals surface area contributed by atoms with Crippen LogP contribution in [-0.2, 0) is 19.0 Å². The van der Waals surface area contributed by atoms with Crippen molar-refractivity contribution in [3.05, 3.63) is 30.3 Å². The Bertz CT molecular complexity index is 415. The summed E-state index contributed by atoms with van der Waals surface area (Å²) >= 11 is 1.58. The second-order valence-electron chi connectivity index (χ2n) is 4.41. The Morgan fingerprint density at radius 1 is 1.37 bits per heavy atom. The summed E-state index contributed by atoms with van der Waals surface area (Å²) < 4.78 is 16.1. The maximum absolute atomic E-state index is 11.6. The zero-order valence-corrected chi connectivity index (χ0v) is 11.9. The lowest BCUT2D eigenvalue weighted by atomic mass is 10.1. The topological polar surface area (TPSA) is 44.8 Å². The van der Waals surface area contributed by atoms with Crippen molar-refractivity contribution < 1.29 is 19.0 Å². The second kappa shape index (κ2) is 6.41. The number of carbonyl (C=O) groups is 1. The number of hydrogen-bond donors (Lipinski definition) is 0. The molecule has 1 aromatic carbocycles. The van der Waals surface area contributed by atoms with Gasteiger partial charge in [0.05, 0.1) is 32.0 Å². The van der Waals surface area contributed by atoms with Crippen LogP contribution in [0, 0.1) is 0 Å². The normalized spacial score (nSPS) is 19.1. The smallest absolute Gasteiger partial charge is 0.306 e. The summed E-state index contributed by atoms with van der Waals surface area (Å²) in [7, 11) is 1.39. The zero-order chi connectivity index (χ0) is 13.7. The molecule has 0 radical (unpaired) electrons. The third kappa shape index (κ3) is 3.72. The van der Waals surface area contributed by atoms with Crippen molar-refractivity contribution in [2.45, 2.75) is 29.3 Å². The predicted molar refractivity (Wildman–Crippen MR) is 73.0 cm³/mol. The molecule has 0 spiro atoms. The van der Waals surface area contributed by atoms with Crippen molar-refractivity contribution in [3.8, 4) is 0 Å². The summed E-state index contributed by atoms with van der Waals surface area (Å²) in [6, 6.07) is 9.91. The van der Waals surface area contributed by atoms with Crippen LogP contribution in [-0.4, -0.2) is 37.3 Å². The Morgan fingerprint density at radius 2 is 2.00 bits per heavy atom. The average molecular weight is 282 g/mol. The molecule has 1 fully saturated rings. The number of benzene rings is 1. The first-order valence-electron chi connectivity index (χ1n) is 6.20. The van der Waals surface area contributed by atoms with Gasteiger partial charge in [0.25, 0.3) is 0 Å². The molecule has 0 bridgehead atoms. The molecule has 2 rings (SSSR count). The minimum atomic E-state index is -0.741. The van der Waals surface area contributed by atoms with Crippen molar-refractivity contribution >= 4 is 17.7 Å². The summed E-state index contributed by atoms with van der Waals surface area (Å²) in [5.41, 5.74) is 0. The highest BCUT2D eigenvalue weighted by Gasteiger charge is 2.41. The van der Waals surface area contributed by atoms with E-state index in [1.807, 2.05) is 37.3 Å². The van der Waals surface area contributed by atoms with Gasteiger partial charge in [0.1, 0.15) is 0 Å². The predicted octanol–water partition coefficient (Wildman–Crippen LogP) is 2.47. The van der Waals surface area contributed by atoms with Crippen molar-refractivity contribution in [2.75, 3.05) is 20.3 Å². The van der Waals surface area contributed by atoms with Crippen molar-refractivity contribution in [3.63, 3.8) is 0 Å². The van der Waals surface area contributed by atoms with E-state index in [0.29, 0.717) is 13.2 Å². The van der Waals surface area contributed by atoms with Gasteiger partial charge in [0, 0.05) is 4.90 Å². The standard InChI is InChI=1S/C14H18O4S/c1-14(17-8-9-18-14)12(10-13(15)16-2)19-11-6-4-3-5-7-11/h3-7,12H,8-10H2,1-2H3. The van der Waals surface area contributed by atoms with Gasteiger partial charge in [-0.3, -0.25) is 4.79 Å². The van der Waals surface area contributed by atoms with Crippen LogP contribution < -0.4 is 0 Å². The van der Waals surface area contributed by atoms with Gasteiger partial charge < -0.3 is 14.2 Å². The quantitative estimate of drug-likeness (QED) is 0.613. The Labute approximate surface area is 117 Å². The summed E-state index contributed by atoms with van der Waals surface area (Å²) in [5.74, 6) is -0.997.